The summed E-state index contributed by atoms with van der Waals surface area (Å²) in [4.78, 5) is 30.7. The van der Waals surface area contributed by atoms with E-state index in [1.807, 2.05) is 71.6 Å². The van der Waals surface area contributed by atoms with Crippen LogP contribution in [0.3, 0.4) is 0 Å². The van der Waals surface area contributed by atoms with Crippen LogP contribution in [0.2, 0.25) is 0 Å². The minimum atomic E-state index is -0.602. The van der Waals surface area contributed by atoms with Crippen LogP contribution >= 0.6 is 0 Å². The van der Waals surface area contributed by atoms with Gasteiger partial charge in [-0.1, -0.05) is 54.6 Å². The number of piperazine rings is 1. The zero-order valence-corrected chi connectivity index (χ0v) is 21.8. The van der Waals surface area contributed by atoms with Crippen molar-refractivity contribution in [2.24, 2.45) is 0 Å². The highest BCUT2D eigenvalue weighted by Crippen LogP contribution is 2.40. The number of nitrogens with one attached hydrogen (secondary N) is 2. The molecular weight excluding hydrogens is 479 g/mol. The van der Waals surface area contributed by atoms with E-state index in [1.165, 1.54) is 12.1 Å². The molecule has 1 saturated carbocycles. The van der Waals surface area contributed by atoms with Gasteiger partial charge < -0.3 is 20.4 Å². The Labute approximate surface area is 223 Å². The minimum Gasteiger partial charge on any atom is -0.340 e. The lowest BCUT2D eigenvalue weighted by atomic mass is 10.0. The van der Waals surface area contributed by atoms with Crippen molar-refractivity contribution in [1.82, 2.24) is 20.4 Å². The summed E-state index contributed by atoms with van der Waals surface area (Å²) in [7, 11) is 2.05. The second kappa shape index (κ2) is 11.9. The average Bonchev–Trinajstić information content (AvgIpc) is 3.73. The second-order valence-electron chi connectivity index (χ2n) is 10.3. The number of halogens is 1. The maximum absolute atomic E-state index is 13.4. The fourth-order valence-electron chi connectivity index (χ4n) is 5.10. The highest BCUT2D eigenvalue weighted by Gasteiger charge is 2.38. The van der Waals surface area contributed by atoms with E-state index in [9.17, 15) is 14.0 Å². The van der Waals surface area contributed by atoms with E-state index in [0.29, 0.717) is 43.6 Å². The van der Waals surface area contributed by atoms with E-state index >= 15 is 0 Å². The molecular formula is C31H35FN4O2. The SMILES string of the molecule is CN1CCN(C(=O)[C@H](CCN[C@H]2C[C@@H]2c2ccc(F)cc2)NC(=O)c2ccc(-c3ccccc3)cc2)CC1. The third-order valence-corrected chi connectivity index (χ3v) is 7.60. The Balaban J connectivity index is 1.20. The van der Waals surface area contributed by atoms with E-state index in [-0.39, 0.29) is 17.6 Å². The van der Waals surface area contributed by atoms with Gasteiger partial charge in [0.15, 0.2) is 0 Å². The van der Waals surface area contributed by atoms with Crippen LogP contribution in [0.1, 0.15) is 34.7 Å². The van der Waals surface area contributed by atoms with Crippen LogP contribution in [-0.2, 0) is 4.79 Å². The maximum atomic E-state index is 13.4. The molecule has 2 amide bonds. The number of hydrogen-bond donors (Lipinski definition) is 2. The molecule has 38 heavy (non-hydrogen) atoms. The molecule has 5 rings (SSSR count). The lowest BCUT2D eigenvalue weighted by molar-refractivity contribution is -0.135. The van der Waals surface area contributed by atoms with Gasteiger partial charge in [-0.3, -0.25) is 9.59 Å². The number of benzene rings is 3. The average molecular weight is 515 g/mol. The summed E-state index contributed by atoms with van der Waals surface area (Å²) in [6.45, 7) is 3.59. The molecule has 1 saturated heterocycles. The molecule has 1 aliphatic heterocycles. The topological polar surface area (TPSA) is 64.7 Å². The van der Waals surface area contributed by atoms with Gasteiger partial charge in [-0.25, -0.2) is 4.39 Å². The van der Waals surface area contributed by atoms with Crippen molar-refractivity contribution in [3.8, 4) is 11.1 Å². The second-order valence-corrected chi connectivity index (χ2v) is 10.3. The quantitative estimate of drug-likeness (QED) is 0.455. The zero-order chi connectivity index (χ0) is 26.5. The number of likely N-dealkylation sites (N-methyl/N-ethyl adjacent to an activating group) is 1. The molecule has 3 aromatic carbocycles. The Kier molecular flexibility index (Phi) is 8.15. The van der Waals surface area contributed by atoms with Gasteiger partial charge in [-0.05, 0) is 67.4 Å². The third kappa shape index (κ3) is 6.47. The normalized spacial score (nSPS) is 20.1. The van der Waals surface area contributed by atoms with Crippen LogP contribution in [0.15, 0.2) is 78.9 Å². The molecule has 2 aliphatic rings. The van der Waals surface area contributed by atoms with Gasteiger partial charge in [-0.15, -0.1) is 0 Å². The monoisotopic (exact) mass is 514 g/mol. The van der Waals surface area contributed by atoms with Gasteiger partial charge in [0.05, 0.1) is 0 Å². The van der Waals surface area contributed by atoms with Crippen molar-refractivity contribution in [2.75, 3.05) is 39.8 Å². The van der Waals surface area contributed by atoms with Crippen LogP contribution in [-0.4, -0.2) is 73.5 Å². The first-order valence-corrected chi connectivity index (χ1v) is 13.4. The highest BCUT2D eigenvalue weighted by atomic mass is 19.1. The number of carbonyl (C=O) groups is 2. The molecule has 2 N–H and O–H groups in total. The van der Waals surface area contributed by atoms with Gasteiger partial charge in [0.1, 0.15) is 11.9 Å². The van der Waals surface area contributed by atoms with E-state index in [1.54, 1.807) is 0 Å². The Morgan fingerprint density at radius 1 is 0.895 bits per heavy atom. The number of hydrogen-bond acceptors (Lipinski definition) is 4. The predicted molar refractivity (Wildman–Crippen MR) is 147 cm³/mol. The number of amides is 2. The van der Waals surface area contributed by atoms with Crippen LogP contribution in [0.4, 0.5) is 4.39 Å². The molecule has 0 spiro atoms. The fraction of sp³-hybridized carbons (Fsp3) is 0.355. The Hall–Kier alpha value is -3.55. The van der Waals surface area contributed by atoms with Crippen molar-refractivity contribution in [3.05, 3.63) is 95.8 Å². The third-order valence-electron chi connectivity index (χ3n) is 7.60. The molecule has 0 radical (unpaired) electrons. The molecule has 1 aliphatic carbocycles. The van der Waals surface area contributed by atoms with Crippen molar-refractivity contribution in [2.45, 2.75) is 30.8 Å². The maximum Gasteiger partial charge on any atom is 0.251 e. The Morgan fingerprint density at radius 3 is 2.24 bits per heavy atom. The molecule has 7 heteroatoms. The largest absolute Gasteiger partial charge is 0.340 e. The van der Waals surface area contributed by atoms with E-state index in [0.717, 1.165) is 36.2 Å². The van der Waals surface area contributed by atoms with Crippen molar-refractivity contribution in [3.63, 3.8) is 0 Å². The number of rotatable bonds is 9. The Morgan fingerprint density at radius 2 is 1.55 bits per heavy atom. The van der Waals surface area contributed by atoms with Gasteiger partial charge in [0, 0.05) is 43.7 Å². The summed E-state index contributed by atoms with van der Waals surface area (Å²) in [5, 5.41) is 6.55. The summed E-state index contributed by atoms with van der Waals surface area (Å²) in [5.41, 5.74) is 3.79. The Bertz CT molecular complexity index is 1220. The van der Waals surface area contributed by atoms with Crippen LogP contribution < -0.4 is 10.6 Å². The van der Waals surface area contributed by atoms with Crippen molar-refractivity contribution < 1.29 is 14.0 Å². The minimum absolute atomic E-state index is 0.0277. The lowest BCUT2D eigenvalue weighted by Crippen LogP contribution is -2.54. The number of carbonyl (C=O) groups excluding carboxylic acids is 2. The summed E-state index contributed by atoms with van der Waals surface area (Å²) in [5.74, 6) is -0.137. The first-order valence-electron chi connectivity index (χ1n) is 13.4. The van der Waals surface area contributed by atoms with Gasteiger partial charge >= 0.3 is 0 Å². The van der Waals surface area contributed by atoms with Crippen molar-refractivity contribution in [1.29, 1.82) is 0 Å². The van der Waals surface area contributed by atoms with Gasteiger partial charge in [-0.2, -0.15) is 0 Å². The number of nitrogens with zero attached hydrogens (tertiary/aromatic N) is 2. The molecule has 2 fully saturated rings. The lowest BCUT2D eigenvalue weighted by Gasteiger charge is -2.34. The van der Waals surface area contributed by atoms with E-state index < -0.39 is 6.04 Å². The molecule has 198 valence electrons. The summed E-state index contributed by atoms with van der Waals surface area (Å²) in [6, 6.07) is 23.9. The van der Waals surface area contributed by atoms with Crippen molar-refractivity contribution >= 4 is 11.8 Å². The molecule has 3 aromatic rings. The smallest absolute Gasteiger partial charge is 0.251 e. The standard InChI is InChI=1S/C31H35FN4O2/c1-35-17-19-36(20-18-35)31(38)28(15-16-33-29-21-27(29)24-11-13-26(32)14-12-24)34-30(37)25-9-7-23(8-10-25)22-5-3-2-4-6-22/h2-14,27-29,33H,15-21H2,1H3,(H,34,37)/t27-,28+,29+/m1/s1. The summed E-state index contributed by atoms with van der Waals surface area (Å²) < 4.78 is 13.2. The predicted octanol–water partition coefficient (Wildman–Crippen LogP) is 3.90. The zero-order valence-electron chi connectivity index (χ0n) is 21.8. The van der Waals surface area contributed by atoms with E-state index in [4.69, 9.17) is 0 Å². The molecule has 0 aromatic heterocycles. The van der Waals surface area contributed by atoms with Crippen LogP contribution in [0.25, 0.3) is 11.1 Å². The van der Waals surface area contributed by atoms with Crippen LogP contribution in [0, 0.1) is 5.82 Å². The first kappa shape index (κ1) is 26.1. The van der Waals surface area contributed by atoms with Gasteiger partial charge in [0.2, 0.25) is 5.91 Å². The molecule has 0 bridgehead atoms. The summed E-state index contributed by atoms with van der Waals surface area (Å²) in [6.07, 6.45) is 1.49. The molecule has 3 atom stereocenters. The molecule has 1 heterocycles. The van der Waals surface area contributed by atoms with E-state index in [2.05, 4.69) is 22.6 Å². The fourth-order valence-corrected chi connectivity index (χ4v) is 5.10. The van der Waals surface area contributed by atoms with Crippen LogP contribution in [0.5, 0.6) is 0 Å². The molecule has 6 nitrogen and oxygen atoms in total. The first-order chi connectivity index (χ1) is 18.5. The molecule has 0 unspecified atom stereocenters. The highest BCUT2D eigenvalue weighted by molar-refractivity contribution is 5.98. The van der Waals surface area contributed by atoms with Gasteiger partial charge in [0.25, 0.3) is 5.91 Å². The summed E-state index contributed by atoms with van der Waals surface area (Å²) >= 11 is 0.